The van der Waals surface area contributed by atoms with E-state index < -0.39 is 0 Å². The number of hydrogen-bond donors (Lipinski definition) is 4. The molecule has 2 aliphatic heterocycles. The first kappa shape index (κ1) is 32.1. The van der Waals surface area contributed by atoms with Gasteiger partial charge >= 0.3 is 6.03 Å². The highest BCUT2D eigenvalue weighted by Gasteiger charge is 2.50. The van der Waals surface area contributed by atoms with E-state index in [1.807, 2.05) is 26.0 Å². The van der Waals surface area contributed by atoms with E-state index in [9.17, 15) is 14.7 Å². The SMILES string of the molecule is CCC(CC)NC(=O)Nc1ccc(Oc2ccc(NC(=O)c3ccc(OC45CCCC(CC4)N5CCO)cc3)cc2)c(OC)c1. The van der Waals surface area contributed by atoms with Crippen LogP contribution in [0.15, 0.2) is 66.7 Å². The minimum atomic E-state index is -0.370. The number of aliphatic hydroxyl groups is 1. The summed E-state index contributed by atoms with van der Waals surface area (Å²) < 4.78 is 18.0. The van der Waals surface area contributed by atoms with Crippen LogP contribution < -0.4 is 30.2 Å². The number of urea groups is 1. The molecule has 3 aromatic carbocycles. The molecule has 2 saturated heterocycles. The third kappa shape index (κ3) is 7.69. The maximum Gasteiger partial charge on any atom is 0.319 e. The van der Waals surface area contributed by atoms with E-state index >= 15 is 0 Å². The van der Waals surface area contributed by atoms with Crippen molar-refractivity contribution >= 4 is 23.3 Å². The first-order valence-electron chi connectivity index (χ1n) is 15.9. The summed E-state index contributed by atoms with van der Waals surface area (Å²) in [4.78, 5) is 27.6. The van der Waals surface area contributed by atoms with Gasteiger partial charge in [-0.3, -0.25) is 9.69 Å². The van der Waals surface area contributed by atoms with Crippen LogP contribution in [0.1, 0.15) is 69.2 Å². The standard InChI is InChI=1S/C35H44N4O6/c1-4-25(5-2)37-34(42)38-27-12-17-31(32(23-27)43-3)44-29-15-10-26(11-16-29)36-33(41)24-8-13-30(14-9-24)45-35-19-6-7-28(18-20-35)39(35)21-22-40/h8-17,23,25,28,40H,4-7,18-22H2,1-3H3,(H,36,41)(H2,37,38,42). The first-order valence-corrected chi connectivity index (χ1v) is 15.9. The van der Waals surface area contributed by atoms with Crippen molar-refractivity contribution in [3.63, 3.8) is 0 Å². The monoisotopic (exact) mass is 616 g/mol. The number of rotatable bonds is 13. The normalized spacial score (nSPS) is 19.2. The number of fused-ring (bicyclic) bond motifs is 2. The van der Waals surface area contributed by atoms with Gasteiger partial charge in [0.1, 0.15) is 11.5 Å². The van der Waals surface area contributed by atoms with Crippen LogP contribution in [0.25, 0.3) is 0 Å². The Kier molecular flexibility index (Phi) is 10.5. The lowest BCUT2D eigenvalue weighted by atomic mass is 9.99. The Morgan fingerprint density at radius 3 is 2.31 bits per heavy atom. The molecule has 2 unspecified atom stereocenters. The Bertz CT molecular complexity index is 1440. The lowest BCUT2D eigenvalue weighted by Gasteiger charge is -2.44. The summed E-state index contributed by atoms with van der Waals surface area (Å²) in [7, 11) is 1.54. The van der Waals surface area contributed by atoms with Gasteiger partial charge in [0.15, 0.2) is 17.2 Å². The van der Waals surface area contributed by atoms with Gasteiger partial charge in [-0.15, -0.1) is 0 Å². The molecule has 2 bridgehead atoms. The molecule has 2 heterocycles. The van der Waals surface area contributed by atoms with E-state index in [0.29, 0.717) is 46.8 Å². The highest BCUT2D eigenvalue weighted by Crippen LogP contribution is 2.45. The topological polar surface area (TPSA) is 121 Å². The molecular weight excluding hydrogens is 572 g/mol. The quantitative estimate of drug-likeness (QED) is 0.167. The largest absolute Gasteiger partial charge is 0.493 e. The van der Waals surface area contributed by atoms with Crippen LogP contribution in [0.2, 0.25) is 0 Å². The fraction of sp³-hybridized carbons (Fsp3) is 0.429. The second kappa shape index (κ2) is 14.7. The van der Waals surface area contributed by atoms with Crippen molar-refractivity contribution < 1.29 is 28.9 Å². The van der Waals surface area contributed by atoms with Gasteiger partial charge in [-0.2, -0.15) is 0 Å². The molecule has 2 aliphatic rings. The minimum absolute atomic E-state index is 0.118. The predicted molar refractivity (Wildman–Crippen MR) is 174 cm³/mol. The average molecular weight is 617 g/mol. The molecule has 2 atom stereocenters. The third-order valence-electron chi connectivity index (χ3n) is 8.78. The molecule has 0 radical (unpaired) electrons. The lowest BCUT2D eigenvalue weighted by Crippen LogP contribution is -2.55. The highest BCUT2D eigenvalue weighted by molar-refractivity contribution is 6.04. The Hall–Kier alpha value is -4.28. The zero-order valence-electron chi connectivity index (χ0n) is 26.3. The Morgan fingerprint density at radius 2 is 1.62 bits per heavy atom. The van der Waals surface area contributed by atoms with Gasteiger partial charge in [0.05, 0.1) is 13.7 Å². The molecule has 45 heavy (non-hydrogen) atoms. The van der Waals surface area contributed by atoms with Gasteiger partial charge in [0.25, 0.3) is 5.91 Å². The molecule has 10 heteroatoms. The van der Waals surface area contributed by atoms with Gasteiger partial charge in [-0.1, -0.05) is 13.8 Å². The predicted octanol–water partition coefficient (Wildman–Crippen LogP) is 6.77. The third-order valence-corrected chi connectivity index (χ3v) is 8.78. The van der Waals surface area contributed by atoms with E-state index in [4.69, 9.17) is 14.2 Å². The number of carbonyl (C=O) groups excluding carboxylic acids is 2. The van der Waals surface area contributed by atoms with Crippen molar-refractivity contribution in [2.75, 3.05) is 30.9 Å². The Balaban J connectivity index is 1.16. The number of anilines is 2. The summed E-state index contributed by atoms with van der Waals surface area (Å²) in [6, 6.07) is 19.8. The van der Waals surface area contributed by atoms with Crippen molar-refractivity contribution in [2.45, 2.75) is 76.6 Å². The fourth-order valence-electron chi connectivity index (χ4n) is 6.37. The van der Waals surface area contributed by atoms with Crippen LogP contribution in [-0.2, 0) is 0 Å². The van der Waals surface area contributed by atoms with E-state index in [2.05, 4.69) is 20.9 Å². The van der Waals surface area contributed by atoms with E-state index in [0.717, 1.165) is 50.7 Å². The van der Waals surface area contributed by atoms with Gasteiger partial charge in [-0.25, -0.2) is 4.79 Å². The second-order valence-corrected chi connectivity index (χ2v) is 11.6. The molecule has 0 spiro atoms. The molecule has 2 fully saturated rings. The van der Waals surface area contributed by atoms with Crippen LogP contribution in [0.3, 0.4) is 0 Å². The van der Waals surface area contributed by atoms with Crippen molar-refractivity contribution in [3.8, 4) is 23.0 Å². The van der Waals surface area contributed by atoms with Crippen molar-refractivity contribution in [1.82, 2.24) is 10.2 Å². The van der Waals surface area contributed by atoms with Crippen molar-refractivity contribution in [1.29, 1.82) is 0 Å². The van der Waals surface area contributed by atoms with Crippen LogP contribution in [0.4, 0.5) is 16.2 Å². The number of aliphatic hydroxyl groups excluding tert-OH is 1. The maximum atomic E-state index is 13.0. The number of ether oxygens (including phenoxy) is 3. The Labute approximate surface area is 265 Å². The summed E-state index contributed by atoms with van der Waals surface area (Å²) >= 11 is 0. The molecular formula is C35H44N4O6. The fourth-order valence-corrected chi connectivity index (χ4v) is 6.37. The van der Waals surface area contributed by atoms with Gasteiger partial charge in [0, 0.05) is 54.5 Å². The number of benzene rings is 3. The zero-order valence-corrected chi connectivity index (χ0v) is 26.3. The molecule has 0 aliphatic carbocycles. The van der Waals surface area contributed by atoms with Gasteiger partial charge < -0.3 is 35.3 Å². The molecule has 3 aromatic rings. The zero-order chi connectivity index (χ0) is 31.8. The van der Waals surface area contributed by atoms with Crippen LogP contribution in [0, 0.1) is 0 Å². The van der Waals surface area contributed by atoms with Gasteiger partial charge in [0.2, 0.25) is 0 Å². The number of piperidine rings is 1. The smallest absolute Gasteiger partial charge is 0.319 e. The molecule has 4 N–H and O–H groups in total. The molecule has 5 rings (SSSR count). The second-order valence-electron chi connectivity index (χ2n) is 11.6. The average Bonchev–Trinajstić information content (AvgIpc) is 3.23. The molecule has 3 amide bonds. The number of hydrogen-bond acceptors (Lipinski definition) is 7. The van der Waals surface area contributed by atoms with Crippen LogP contribution in [0.5, 0.6) is 23.0 Å². The summed E-state index contributed by atoms with van der Waals surface area (Å²) in [6.07, 6.45) is 6.96. The number of amides is 3. The summed E-state index contributed by atoms with van der Waals surface area (Å²) in [5.41, 5.74) is 1.36. The highest BCUT2D eigenvalue weighted by atomic mass is 16.5. The molecule has 240 valence electrons. The number of nitrogens with one attached hydrogen (secondary N) is 3. The first-order chi connectivity index (χ1) is 21.9. The van der Waals surface area contributed by atoms with Crippen molar-refractivity contribution in [2.24, 2.45) is 0 Å². The van der Waals surface area contributed by atoms with E-state index in [-0.39, 0.29) is 30.3 Å². The summed E-state index contributed by atoms with van der Waals surface area (Å²) in [5.74, 6) is 2.01. The molecule has 0 saturated carbocycles. The summed E-state index contributed by atoms with van der Waals surface area (Å²) in [5, 5.41) is 18.3. The number of carbonyl (C=O) groups is 2. The molecule has 10 nitrogen and oxygen atoms in total. The van der Waals surface area contributed by atoms with Crippen LogP contribution >= 0.6 is 0 Å². The maximum absolute atomic E-state index is 13.0. The Morgan fingerprint density at radius 1 is 0.911 bits per heavy atom. The number of methoxy groups -OCH3 is 1. The van der Waals surface area contributed by atoms with Crippen LogP contribution in [-0.4, -0.2) is 60.0 Å². The number of nitrogens with zero attached hydrogens (tertiary/aromatic N) is 1. The van der Waals surface area contributed by atoms with Crippen molar-refractivity contribution in [3.05, 3.63) is 72.3 Å². The summed E-state index contributed by atoms with van der Waals surface area (Å²) in [6.45, 7) is 4.80. The molecule has 0 aromatic heterocycles. The lowest BCUT2D eigenvalue weighted by molar-refractivity contribution is -0.102. The minimum Gasteiger partial charge on any atom is -0.493 e. The van der Waals surface area contributed by atoms with Gasteiger partial charge in [-0.05, 0) is 92.8 Å². The van der Waals surface area contributed by atoms with E-state index in [1.54, 1.807) is 61.7 Å². The van der Waals surface area contributed by atoms with E-state index in [1.165, 1.54) is 0 Å².